The number of nitrogens with zero attached hydrogens (tertiary/aromatic N) is 3. The van der Waals surface area contributed by atoms with Crippen molar-refractivity contribution in [3.8, 4) is 5.75 Å². The van der Waals surface area contributed by atoms with E-state index in [0.29, 0.717) is 11.4 Å². The van der Waals surface area contributed by atoms with Crippen molar-refractivity contribution in [3.63, 3.8) is 0 Å². The number of rotatable bonds is 4. The second-order valence-corrected chi connectivity index (χ2v) is 6.13. The summed E-state index contributed by atoms with van der Waals surface area (Å²) in [6.45, 7) is 3.25. The lowest BCUT2D eigenvalue weighted by atomic mass is 10.3. The summed E-state index contributed by atoms with van der Waals surface area (Å²) >= 11 is 0. The SMILES string of the molecule is COc1ccc(S(=O)(=O)n2nc(C)cc2C)cc1[N+](=O)[O-]. The van der Waals surface area contributed by atoms with Crippen LogP contribution in [0, 0.1) is 24.0 Å². The summed E-state index contributed by atoms with van der Waals surface area (Å²) in [5, 5.41) is 14.9. The molecular formula is C12H13N3O5S. The molecule has 0 radical (unpaired) electrons. The highest BCUT2D eigenvalue weighted by Gasteiger charge is 2.25. The lowest BCUT2D eigenvalue weighted by molar-refractivity contribution is -0.386. The molecule has 2 aromatic rings. The summed E-state index contributed by atoms with van der Waals surface area (Å²) < 4.78 is 30.7. The molecule has 112 valence electrons. The first-order valence-electron chi connectivity index (χ1n) is 5.88. The van der Waals surface area contributed by atoms with E-state index in [2.05, 4.69) is 5.10 Å². The zero-order valence-corrected chi connectivity index (χ0v) is 12.4. The number of methoxy groups -OCH3 is 1. The molecule has 0 fully saturated rings. The van der Waals surface area contributed by atoms with Gasteiger partial charge in [-0.2, -0.15) is 17.6 Å². The van der Waals surface area contributed by atoms with Gasteiger partial charge in [0, 0.05) is 6.07 Å². The summed E-state index contributed by atoms with van der Waals surface area (Å²) in [5.41, 5.74) is 0.546. The maximum atomic E-state index is 12.5. The molecule has 1 aromatic carbocycles. The van der Waals surface area contributed by atoms with Crippen LogP contribution in [0.25, 0.3) is 0 Å². The standard InChI is InChI=1S/C12H13N3O5S/c1-8-6-9(2)14(13-8)21(18,19)10-4-5-12(20-3)11(7-10)15(16)17/h4-7H,1-3H3. The quantitative estimate of drug-likeness (QED) is 0.628. The van der Waals surface area contributed by atoms with Crippen molar-refractivity contribution in [2.24, 2.45) is 0 Å². The molecule has 1 aromatic heterocycles. The maximum Gasteiger partial charge on any atom is 0.312 e. The first-order valence-corrected chi connectivity index (χ1v) is 7.32. The van der Waals surface area contributed by atoms with E-state index in [1.807, 2.05) is 0 Å². The lowest BCUT2D eigenvalue weighted by Gasteiger charge is -2.08. The van der Waals surface area contributed by atoms with Gasteiger partial charge in [-0.25, -0.2) is 0 Å². The van der Waals surface area contributed by atoms with Gasteiger partial charge in [-0.05, 0) is 32.0 Å². The second-order valence-electron chi connectivity index (χ2n) is 4.37. The molecule has 2 rings (SSSR count). The molecule has 0 atom stereocenters. The zero-order valence-electron chi connectivity index (χ0n) is 11.6. The molecule has 0 N–H and O–H groups in total. The van der Waals surface area contributed by atoms with Crippen molar-refractivity contribution in [1.29, 1.82) is 0 Å². The van der Waals surface area contributed by atoms with Gasteiger partial charge in [-0.3, -0.25) is 10.1 Å². The van der Waals surface area contributed by atoms with Crippen LogP contribution in [0.3, 0.4) is 0 Å². The van der Waals surface area contributed by atoms with Crippen LogP contribution >= 0.6 is 0 Å². The van der Waals surface area contributed by atoms with Crippen molar-refractivity contribution in [3.05, 3.63) is 45.8 Å². The van der Waals surface area contributed by atoms with Crippen molar-refractivity contribution in [2.45, 2.75) is 18.7 Å². The molecule has 0 saturated heterocycles. The number of benzene rings is 1. The molecule has 0 saturated carbocycles. The van der Waals surface area contributed by atoms with Crippen LogP contribution in [0.2, 0.25) is 0 Å². The van der Waals surface area contributed by atoms with Crippen molar-refractivity contribution < 1.29 is 18.1 Å². The Kier molecular flexibility index (Phi) is 3.69. The summed E-state index contributed by atoms with van der Waals surface area (Å²) in [4.78, 5) is 10.1. The molecule has 9 heteroatoms. The second kappa shape index (κ2) is 5.17. The summed E-state index contributed by atoms with van der Waals surface area (Å²) in [6.07, 6.45) is 0. The van der Waals surface area contributed by atoms with E-state index in [1.54, 1.807) is 19.9 Å². The molecule has 21 heavy (non-hydrogen) atoms. The lowest BCUT2D eigenvalue weighted by Crippen LogP contribution is -2.16. The number of ether oxygens (including phenoxy) is 1. The third kappa shape index (κ3) is 2.59. The molecule has 0 spiro atoms. The van der Waals surface area contributed by atoms with E-state index >= 15 is 0 Å². The van der Waals surface area contributed by atoms with Gasteiger partial charge in [0.15, 0.2) is 5.75 Å². The normalized spacial score (nSPS) is 11.4. The Labute approximate surface area is 121 Å². The number of hydrogen-bond donors (Lipinski definition) is 0. The zero-order chi connectivity index (χ0) is 15.8. The molecule has 0 amide bonds. The molecular weight excluding hydrogens is 298 g/mol. The molecule has 0 bridgehead atoms. The van der Waals surface area contributed by atoms with Gasteiger partial charge in [-0.1, -0.05) is 0 Å². The van der Waals surface area contributed by atoms with Crippen molar-refractivity contribution in [1.82, 2.24) is 9.19 Å². The number of hydrogen-bond acceptors (Lipinski definition) is 6. The van der Waals surface area contributed by atoms with Crippen LogP contribution in [-0.4, -0.2) is 29.6 Å². The van der Waals surface area contributed by atoms with E-state index in [4.69, 9.17) is 4.74 Å². The third-order valence-electron chi connectivity index (χ3n) is 2.84. The number of aromatic nitrogens is 2. The van der Waals surface area contributed by atoms with Crippen molar-refractivity contribution >= 4 is 15.7 Å². The van der Waals surface area contributed by atoms with Gasteiger partial charge in [0.1, 0.15) is 0 Å². The Hall–Kier alpha value is -2.42. The fraction of sp³-hybridized carbons (Fsp3) is 0.250. The van der Waals surface area contributed by atoms with Crippen LogP contribution in [0.1, 0.15) is 11.4 Å². The molecule has 0 aliphatic heterocycles. The monoisotopic (exact) mass is 311 g/mol. The Morgan fingerprint density at radius 2 is 1.95 bits per heavy atom. The number of nitro groups is 1. The van der Waals surface area contributed by atoms with E-state index < -0.39 is 20.6 Å². The minimum absolute atomic E-state index is 0.00711. The average molecular weight is 311 g/mol. The first kappa shape index (κ1) is 15.0. The third-order valence-corrected chi connectivity index (χ3v) is 4.52. The molecule has 8 nitrogen and oxygen atoms in total. The highest BCUT2D eigenvalue weighted by atomic mass is 32.2. The first-order chi connectivity index (χ1) is 9.77. The predicted octanol–water partition coefficient (Wildman–Crippen LogP) is 1.65. The Balaban J connectivity index is 2.63. The topological polar surface area (TPSA) is 104 Å². The molecule has 0 aliphatic carbocycles. The van der Waals surface area contributed by atoms with Gasteiger partial charge in [-0.15, -0.1) is 0 Å². The predicted molar refractivity (Wildman–Crippen MR) is 73.9 cm³/mol. The van der Waals surface area contributed by atoms with Crippen LogP contribution in [-0.2, 0) is 10.0 Å². The average Bonchev–Trinajstić information content (AvgIpc) is 2.77. The van der Waals surface area contributed by atoms with Gasteiger partial charge in [0.2, 0.25) is 0 Å². The summed E-state index contributed by atoms with van der Waals surface area (Å²) in [7, 11) is -2.71. The Morgan fingerprint density at radius 1 is 1.29 bits per heavy atom. The Morgan fingerprint density at radius 3 is 2.43 bits per heavy atom. The van der Waals surface area contributed by atoms with Gasteiger partial charge in [0.05, 0.1) is 28.3 Å². The van der Waals surface area contributed by atoms with E-state index in [0.717, 1.165) is 10.2 Å². The fourth-order valence-corrected chi connectivity index (χ4v) is 3.29. The minimum Gasteiger partial charge on any atom is -0.490 e. The largest absolute Gasteiger partial charge is 0.490 e. The Bertz CT molecular complexity index is 810. The van der Waals surface area contributed by atoms with Gasteiger partial charge >= 0.3 is 5.69 Å². The smallest absolute Gasteiger partial charge is 0.312 e. The van der Waals surface area contributed by atoms with E-state index in [1.165, 1.54) is 19.2 Å². The van der Waals surface area contributed by atoms with Gasteiger partial charge in [0.25, 0.3) is 10.0 Å². The summed E-state index contributed by atoms with van der Waals surface area (Å²) in [5.74, 6) is -0.00711. The van der Waals surface area contributed by atoms with Crippen LogP contribution < -0.4 is 4.74 Å². The highest BCUT2D eigenvalue weighted by molar-refractivity contribution is 7.89. The molecule has 0 unspecified atom stereocenters. The minimum atomic E-state index is -3.98. The van der Waals surface area contributed by atoms with Crippen LogP contribution in [0.5, 0.6) is 5.75 Å². The van der Waals surface area contributed by atoms with E-state index in [9.17, 15) is 18.5 Å². The maximum absolute atomic E-state index is 12.5. The number of aryl methyl sites for hydroxylation is 2. The summed E-state index contributed by atoms with van der Waals surface area (Å²) in [6, 6.07) is 5.06. The van der Waals surface area contributed by atoms with E-state index in [-0.39, 0.29) is 10.6 Å². The molecule has 0 aliphatic rings. The van der Waals surface area contributed by atoms with Crippen LogP contribution in [0.15, 0.2) is 29.2 Å². The fourth-order valence-electron chi connectivity index (χ4n) is 1.92. The number of nitro benzene ring substituents is 1. The van der Waals surface area contributed by atoms with Crippen LogP contribution in [0.4, 0.5) is 5.69 Å². The van der Waals surface area contributed by atoms with Gasteiger partial charge < -0.3 is 4.74 Å². The van der Waals surface area contributed by atoms with Crippen molar-refractivity contribution in [2.75, 3.05) is 7.11 Å². The molecule has 1 heterocycles. The highest BCUT2D eigenvalue weighted by Crippen LogP contribution is 2.30.